The number of hydrogen-bond acceptors (Lipinski definition) is 13. The summed E-state index contributed by atoms with van der Waals surface area (Å²) in [6.45, 7) is 7.51. The Kier molecular flexibility index (Phi) is 40.4. The maximum atomic E-state index is 2.28. The lowest BCUT2D eigenvalue weighted by atomic mass is 10.1. The Morgan fingerprint density at radius 2 is 0.489 bits per heavy atom. The SMILES string of the molecule is CN(C)C.CN(C)C(N(C)C)N(C)C.CN(C)CC(CN(C)C)CN(C)C.CN(C)CN(C)C.CN(C)CN(C)CN(C)CN(C)C. The van der Waals surface area contributed by atoms with Crippen molar-refractivity contribution in [2.24, 2.45) is 5.92 Å². The van der Waals surface area contributed by atoms with E-state index >= 15 is 0 Å². The average Bonchev–Trinajstić information content (AvgIpc) is 2.75. The van der Waals surface area contributed by atoms with E-state index in [4.69, 9.17) is 0 Å². The summed E-state index contributed by atoms with van der Waals surface area (Å²) in [7, 11) is 52.1. The van der Waals surface area contributed by atoms with Crippen LogP contribution in [0.1, 0.15) is 0 Å². The molecule has 0 aliphatic rings. The van der Waals surface area contributed by atoms with Gasteiger partial charge in [-0.3, -0.25) is 44.1 Å². The quantitative estimate of drug-likeness (QED) is 0.199. The minimum atomic E-state index is 0.389. The van der Waals surface area contributed by atoms with E-state index in [0.29, 0.717) is 6.29 Å². The van der Waals surface area contributed by atoms with Crippen LogP contribution in [0.2, 0.25) is 0 Å². The van der Waals surface area contributed by atoms with Gasteiger partial charge in [0.1, 0.15) is 6.29 Å². The summed E-state index contributed by atoms with van der Waals surface area (Å²) >= 11 is 0. The van der Waals surface area contributed by atoms with Crippen molar-refractivity contribution < 1.29 is 0 Å². The maximum Gasteiger partial charge on any atom is 0.118 e. The predicted octanol–water partition coefficient (Wildman–Crippen LogP) is 0.333. The van der Waals surface area contributed by atoms with Gasteiger partial charge in [-0.05, 0) is 182 Å². The monoisotopic (exact) mass is 682 g/mol. The molecule has 0 aliphatic carbocycles. The zero-order chi connectivity index (χ0) is 38.6. The van der Waals surface area contributed by atoms with Gasteiger partial charge in [0.2, 0.25) is 0 Å². The molecule has 0 amide bonds. The van der Waals surface area contributed by atoms with Crippen LogP contribution in [-0.4, -0.2) is 292 Å². The molecule has 13 nitrogen and oxygen atoms in total. The third-order valence-corrected chi connectivity index (χ3v) is 5.35. The second kappa shape index (κ2) is 34.0. The fourth-order valence-electron chi connectivity index (χ4n) is 5.14. The summed E-state index contributed by atoms with van der Waals surface area (Å²) in [5.74, 6) is 0.736. The average molecular weight is 682 g/mol. The first-order valence-corrected chi connectivity index (χ1v) is 16.7. The largest absolute Gasteiger partial charge is 0.312 e. The number of rotatable bonds is 17. The number of hydrogen-bond donors (Lipinski definition) is 0. The van der Waals surface area contributed by atoms with Crippen LogP contribution in [-0.2, 0) is 0 Å². The Morgan fingerprint density at radius 1 is 0.277 bits per heavy atom. The highest BCUT2D eigenvalue weighted by Crippen LogP contribution is 2.01. The molecule has 0 aromatic heterocycles. The van der Waals surface area contributed by atoms with Crippen LogP contribution >= 0.6 is 0 Å². The van der Waals surface area contributed by atoms with Crippen molar-refractivity contribution in [2.45, 2.75) is 6.29 Å². The molecule has 0 fully saturated rings. The van der Waals surface area contributed by atoms with E-state index in [1.54, 1.807) is 0 Å². The zero-order valence-corrected chi connectivity index (χ0v) is 36.9. The molecule has 47 heavy (non-hydrogen) atoms. The van der Waals surface area contributed by atoms with Crippen LogP contribution < -0.4 is 0 Å². The molecule has 0 saturated carbocycles. The van der Waals surface area contributed by atoms with Crippen molar-refractivity contribution in [3.8, 4) is 0 Å². The van der Waals surface area contributed by atoms with Crippen molar-refractivity contribution in [2.75, 3.05) is 223 Å². The Hall–Kier alpha value is -0.520. The first kappa shape index (κ1) is 55.9. The maximum absolute atomic E-state index is 2.28. The van der Waals surface area contributed by atoms with Crippen LogP contribution in [0.4, 0.5) is 0 Å². The Balaban J connectivity index is -0.000000164. The molecule has 0 aromatic rings. The van der Waals surface area contributed by atoms with Crippen molar-refractivity contribution >= 4 is 0 Å². The summed E-state index contributed by atoms with van der Waals surface area (Å²) in [6.07, 6.45) is 0.389. The van der Waals surface area contributed by atoms with E-state index in [1.807, 2.05) is 26.0 Å². The molecule has 0 spiro atoms. The van der Waals surface area contributed by atoms with E-state index < -0.39 is 0 Å². The number of nitrogens with zero attached hydrogens (tertiary/aromatic N) is 13. The van der Waals surface area contributed by atoms with E-state index in [2.05, 4.69) is 214 Å². The van der Waals surface area contributed by atoms with E-state index in [-0.39, 0.29) is 0 Å². The topological polar surface area (TPSA) is 42.1 Å². The van der Waals surface area contributed by atoms with E-state index in [0.717, 1.165) is 52.2 Å². The van der Waals surface area contributed by atoms with E-state index in [9.17, 15) is 0 Å². The van der Waals surface area contributed by atoms with Crippen molar-refractivity contribution in [1.82, 2.24) is 63.7 Å². The van der Waals surface area contributed by atoms with Crippen LogP contribution in [0.5, 0.6) is 0 Å². The van der Waals surface area contributed by atoms with Gasteiger partial charge in [0.25, 0.3) is 0 Å². The third kappa shape index (κ3) is 55.2. The van der Waals surface area contributed by atoms with Gasteiger partial charge in [-0.1, -0.05) is 0 Å². The summed E-state index contributed by atoms with van der Waals surface area (Å²) in [6, 6.07) is 0. The molecular formula is C34H91N13. The molecule has 0 heterocycles. The second-order valence-electron chi connectivity index (χ2n) is 15.8. The minimum Gasteiger partial charge on any atom is -0.312 e. The van der Waals surface area contributed by atoms with Crippen molar-refractivity contribution in [3.63, 3.8) is 0 Å². The Labute approximate surface area is 298 Å². The van der Waals surface area contributed by atoms with Crippen LogP contribution in [0.25, 0.3) is 0 Å². The lowest BCUT2D eigenvalue weighted by Crippen LogP contribution is -2.50. The molecule has 0 aromatic carbocycles. The first-order valence-electron chi connectivity index (χ1n) is 16.7. The first-order chi connectivity index (χ1) is 21.1. The van der Waals surface area contributed by atoms with Crippen molar-refractivity contribution in [1.29, 1.82) is 0 Å². The molecule has 292 valence electrons. The highest BCUT2D eigenvalue weighted by molar-refractivity contribution is 4.67. The molecule has 13 heteroatoms. The smallest absolute Gasteiger partial charge is 0.118 e. The second-order valence-corrected chi connectivity index (χ2v) is 15.8. The molecule has 0 atom stereocenters. The molecule has 0 aliphatic heterocycles. The zero-order valence-electron chi connectivity index (χ0n) is 36.9. The normalized spacial score (nSPS) is 12.0. The Bertz CT molecular complexity index is 545. The molecule has 0 unspecified atom stereocenters. The van der Waals surface area contributed by atoms with Gasteiger partial charge in [0.15, 0.2) is 0 Å². The fourth-order valence-corrected chi connectivity index (χ4v) is 5.14. The van der Waals surface area contributed by atoms with Gasteiger partial charge in [-0.25, -0.2) is 0 Å². The molecule has 0 N–H and O–H groups in total. The van der Waals surface area contributed by atoms with Crippen LogP contribution in [0, 0.1) is 5.92 Å². The van der Waals surface area contributed by atoms with Crippen LogP contribution in [0.15, 0.2) is 0 Å². The molecule has 0 saturated heterocycles. The summed E-state index contributed by atoms with van der Waals surface area (Å²) in [5.41, 5.74) is 0. The van der Waals surface area contributed by atoms with Gasteiger partial charge in [-0.2, -0.15) is 0 Å². The highest BCUT2D eigenvalue weighted by atomic mass is 15.5. The van der Waals surface area contributed by atoms with Gasteiger partial charge < -0.3 is 19.6 Å². The molecular weight excluding hydrogens is 590 g/mol. The third-order valence-electron chi connectivity index (χ3n) is 5.35. The van der Waals surface area contributed by atoms with E-state index in [1.165, 1.54) is 0 Å². The molecule has 0 rings (SSSR count). The predicted molar refractivity (Wildman–Crippen MR) is 213 cm³/mol. The summed E-state index contributed by atoms with van der Waals surface area (Å²) < 4.78 is 0. The lowest BCUT2D eigenvalue weighted by Gasteiger charge is -2.35. The van der Waals surface area contributed by atoms with Crippen LogP contribution in [0.3, 0.4) is 0 Å². The lowest BCUT2D eigenvalue weighted by molar-refractivity contribution is 0.00961. The summed E-state index contributed by atoms with van der Waals surface area (Å²) in [5, 5.41) is 0. The van der Waals surface area contributed by atoms with Gasteiger partial charge >= 0.3 is 0 Å². The van der Waals surface area contributed by atoms with Gasteiger partial charge in [-0.15, -0.1) is 0 Å². The molecule has 0 bridgehead atoms. The standard InChI is InChI=1S/C10H25N3.C9H24N4.C7H19N3.C5H14N2.C3H9N/c1-11(2)7-10(8-12(3)4)9-13(5)6;1-10(2)7-12(5)9-13(6)8-11(3)4;1-8(2)7(9(3)4)10(5)6;1-6(2)5-7(3)4;1-4(2)3/h10H,7-9H2,1-6H3;7-9H2,1-6H3;7H,1-6H3;5H2,1-4H3;1-3H3. The van der Waals surface area contributed by atoms with Gasteiger partial charge in [0.05, 0.1) is 20.0 Å². The minimum absolute atomic E-state index is 0.389. The highest BCUT2D eigenvalue weighted by Gasteiger charge is 2.15. The Morgan fingerprint density at radius 3 is 0.596 bits per heavy atom. The summed E-state index contributed by atoms with van der Waals surface area (Å²) in [4.78, 5) is 28.4. The molecule has 0 radical (unpaired) electrons. The van der Waals surface area contributed by atoms with Gasteiger partial charge in [0, 0.05) is 26.3 Å². The van der Waals surface area contributed by atoms with Crippen molar-refractivity contribution in [3.05, 3.63) is 0 Å². The fraction of sp³-hybridized carbons (Fsp3) is 1.00.